The highest BCUT2D eigenvalue weighted by atomic mass is 19.4. The average molecular weight is 493 g/mol. The third-order valence-corrected chi connectivity index (χ3v) is 5.92. The fourth-order valence-corrected chi connectivity index (χ4v) is 3.65. The quantitative estimate of drug-likeness (QED) is 0.282. The number of methoxy groups -OCH3 is 2. The minimum Gasteiger partial charge on any atom is -0.493 e. The number of halogens is 3. The summed E-state index contributed by atoms with van der Waals surface area (Å²) in [5.74, 6) is 1.41. The Morgan fingerprint density at radius 2 is 1.89 bits per heavy atom. The van der Waals surface area contributed by atoms with Gasteiger partial charge >= 0.3 is 6.18 Å². The summed E-state index contributed by atoms with van der Waals surface area (Å²) < 4.78 is 57.0. The molecule has 3 rings (SSSR count). The lowest BCUT2D eigenvalue weighted by molar-refractivity contribution is -0.137. The predicted octanol–water partition coefficient (Wildman–Crippen LogP) is 5.30. The Morgan fingerprint density at radius 3 is 2.43 bits per heavy atom. The van der Waals surface area contributed by atoms with E-state index >= 15 is 0 Å². The van der Waals surface area contributed by atoms with Gasteiger partial charge in [-0.1, -0.05) is 0 Å². The third kappa shape index (κ3) is 6.25. The Hall–Kier alpha value is -3.27. The zero-order chi connectivity index (χ0) is 25.8. The molecule has 0 aromatic heterocycles. The number of hydrogen-bond donors (Lipinski definition) is 2. The van der Waals surface area contributed by atoms with Crippen LogP contribution in [0.3, 0.4) is 0 Å². The van der Waals surface area contributed by atoms with Crippen LogP contribution in [-0.4, -0.2) is 45.5 Å². The molecule has 0 heterocycles. The van der Waals surface area contributed by atoms with E-state index in [-0.39, 0.29) is 11.3 Å². The molecule has 190 valence electrons. The van der Waals surface area contributed by atoms with Crippen LogP contribution in [0, 0.1) is 0 Å². The van der Waals surface area contributed by atoms with E-state index in [0.29, 0.717) is 40.8 Å². The summed E-state index contributed by atoms with van der Waals surface area (Å²) in [6.07, 6.45) is -1.04. The summed E-state index contributed by atoms with van der Waals surface area (Å²) in [5.41, 5.74) is 6.23. The number of nitrogens with one attached hydrogen (secondary N) is 1. The minimum atomic E-state index is -4.50. The molecule has 0 saturated heterocycles. The van der Waals surface area contributed by atoms with E-state index in [1.165, 1.54) is 13.2 Å². The lowest BCUT2D eigenvalue weighted by Crippen LogP contribution is -2.28. The fraction of sp³-hybridized carbons (Fsp3) is 0.440. The molecule has 1 aliphatic rings. The van der Waals surface area contributed by atoms with Crippen molar-refractivity contribution in [1.29, 1.82) is 0 Å². The summed E-state index contributed by atoms with van der Waals surface area (Å²) in [6, 6.07) is 6.46. The molecule has 7 nitrogen and oxygen atoms in total. The number of aliphatic imine (C=N–C) groups is 2. The zero-order valence-electron chi connectivity index (χ0n) is 20.5. The SMILES string of the molecule is CC=Nc1cc(OC)c(OCC2(OC)CC2)cc1C(=NC)N[C@H](C)c1cc(N)cc(C(F)(F)F)c1. The van der Waals surface area contributed by atoms with E-state index in [1.54, 1.807) is 46.4 Å². The van der Waals surface area contributed by atoms with Gasteiger partial charge in [0.15, 0.2) is 11.5 Å². The Kier molecular flexibility index (Phi) is 7.94. The Morgan fingerprint density at radius 1 is 1.17 bits per heavy atom. The van der Waals surface area contributed by atoms with Gasteiger partial charge in [0, 0.05) is 37.7 Å². The second-order valence-electron chi connectivity index (χ2n) is 8.41. The van der Waals surface area contributed by atoms with Crippen molar-refractivity contribution in [3.8, 4) is 11.5 Å². The molecule has 0 bridgehead atoms. The van der Waals surface area contributed by atoms with Gasteiger partial charge in [-0.2, -0.15) is 13.2 Å². The van der Waals surface area contributed by atoms with Gasteiger partial charge in [0.1, 0.15) is 18.0 Å². The van der Waals surface area contributed by atoms with Crippen LogP contribution in [0.4, 0.5) is 24.5 Å². The van der Waals surface area contributed by atoms with Crippen LogP contribution in [0.15, 0.2) is 40.3 Å². The standard InChI is InChI=1S/C25H31F3N4O3/c1-6-31-20-13-21(33-4)22(35-14-24(34-5)7-8-24)12-19(20)23(30-3)32-15(2)16-9-17(25(26,27)28)11-18(29)10-16/h6,9-13,15H,7-8,14,29H2,1-5H3,(H,30,32)/t15-/m1/s1. The summed E-state index contributed by atoms with van der Waals surface area (Å²) >= 11 is 0. The largest absolute Gasteiger partial charge is 0.493 e. The smallest absolute Gasteiger partial charge is 0.416 e. The van der Waals surface area contributed by atoms with Crippen molar-refractivity contribution >= 4 is 23.4 Å². The van der Waals surface area contributed by atoms with Gasteiger partial charge in [-0.05, 0) is 56.5 Å². The Bertz CT molecular complexity index is 1110. The molecule has 0 spiro atoms. The number of nitrogens with two attached hydrogens (primary N) is 1. The first-order valence-electron chi connectivity index (χ1n) is 11.2. The van der Waals surface area contributed by atoms with Gasteiger partial charge in [-0.25, -0.2) is 0 Å². The van der Waals surface area contributed by atoms with Crippen molar-refractivity contribution in [2.45, 2.75) is 44.5 Å². The molecule has 0 aliphatic heterocycles. The molecular weight excluding hydrogens is 461 g/mol. The molecule has 10 heteroatoms. The van der Waals surface area contributed by atoms with Crippen molar-refractivity contribution in [2.24, 2.45) is 9.98 Å². The lowest BCUT2D eigenvalue weighted by Gasteiger charge is -2.22. The van der Waals surface area contributed by atoms with Gasteiger partial charge in [0.2, 0.25) is 0 Å². The van der Waals surface area contributed by atoms with E-state index in [0.717, 1.165) is 25.0 Å². The molecule has 2 aromatic carbocycles. The first kappa shape index (κ1) is 26.3. The zero-order valence-corrected chi connectivity index (χ0v) is 20.5. The van der Waals surface area contributed by atoms with Gasteiger partial charge < -0.3 is 25.3 Å². The highest BCUT2D eigenvalue weighted by molar-refractivity contribution is 6.04. The molecule has 1 fully saturated rings. The monoisotopic (exact) mass is 492 g/mol. The summed E-state index contributed by atoms with van der Waals surface area (Å²) in [4.78, 5) is 8.78. The number of nitrogen functional groups attached to an aromatic ring is 1. The number of benzene rings is 2. The molecule has 0 amide bonds. The van der Waals surface area contributed by atoms with E-state index < -0.39 is 17.8 Å². The maximum atomic E-state index is 13.3. The topological polar surface area (TPSA) is 90.5 Å². The second kappa shape index (κ2) is 10.6. The van der Waals surface area contributed by atoms with Gasteiger partial charge in [0.25, 0.3) is 0 Å². The van der Waals surface area contributed by atoms with Crippen LogP contribution < -0.4 is 20.5 Å². The van der Waals surface area contributed by atoms with E-state index in [2.05, 4.69) is 15.3 Å². The van der Waals surface area contributed by atoms with Crippen molar-refractivity contribution < 1.29 is 27.4 Å². The number of hydrogen-bond acceptors (Lipinski definition) is 6. The Balaban J connectivity index is 1.95. The number of nitrogens with zero attached hydrogens (tertiary/aromatic N) is 2. The van der Waals surface area contributed by atoms with Crippen molar-refractivity contribution in [3.05, 3.63) is 47.0 Å². The molecule has 2 aromatic rings. The first-order valence-corrected chi connectivity index (χ1v) is 11.2. The number of ether oxygens (including phenoxy) is 3. The van der Waals surface area contributed by atoms with Crippen LogP contribution in [0.25, 0.3) is 0 Å². The van der Waals surface area contributed by atoms with Crippen LogP contribution in [0.1, 0.15) is 49.4 Å². The molecule has 35 heavy (non-hydrogen) atoms. The molecule has 0 radical (unpaired) electrons. The molecular formula is C25H31F3N4O3. The molecule has 1 aliphatic carbocycles. The maximum absolute atomic E-state index is 13.3. The average Bonchev–Trinajstić information content (AvgIpc) is 3.61. The number of rotatable bonds is 9. The highest BCUT2D eigenvalue weighted by Crippen LogP contribution is 2.41. The summed E-state index contributed by atoms with van der Waals surface area (Å²) in [6.45, 7) is 3.88. The molecule has 1 atom stereocenters. The van der Waals surface area contributed by atoms with Crippen LogP contribution in [0.2, 0.25) is 0 Å². The molecule has 0 unspecified atom stereocenters. The van der Waals surface area contributed by atoms with E-state index in [4.69, 9.17) is 19.9 Å². The van der Waals surface area contributed by atoms with Crippen LogP contribution in [-0.2, 0) is 10.9 Å². The number of anilines is 1. The third-order valence-electron chi connectivity index (χ3n) is 5.92. The lowest BCUT2D eigenvalue weighted by atomic mass is 10.0. The summed E-state index contributed by atoms with van der Waals surface area (Å²) in [5, 5.41) is 3.20. The first-order chi connectivity index (χ1) is 16.6. The minimum absolute atomic E-state index is 0.0296. The van der Waals surface area contributed by atoms with E-state index in [9.17, 15) is 13.2 Å². The van der Waals surface area contributed by atoms with Crippen molar-refractivity contribution in [2.75, 3.05) is 33.6 Å². The van der Waals surface area contributed by atoms with Gasteiger partial charge in [0.05, 0.1) is 24.4 Å². The van der Waals surface area contributed by atoms with Crippen LogP contribution in [0.5, 0.6) is 11.5 Å². The predicted molar refractivity (Wildman–Crippen MR) is 131 cm³/mol. The summed E-state index contributed by atoms with van der Waals surface area (Å²) in [7, 11) is 4.79. The van der Waals surface area contributed by atoms with Crippen molar-refractivity contribution in [3.63, 3.8) is 0 Å². The van der Waals surface area contributed by atoms with Crippen LogP contribution >= 0.6 is 0 Å². The fourth-order valence-electron chi connectivity index (χ4n) is 3.65. The van der Waals surface area contributed by atoms with Crippen molar-refractivity contribution in [1.82, 2.24) is 5.32 Å². The van der Waals surface area contributed by atoms with E-state index in [1.807, 2.05) is 0 Å². The Labute approximate surface area is 203 Å². The number of alkyl halides is 3. The normalized spacial score (nSPS) is 16.3. The molecule has 3 N–H and O–H groups in total. The number of amidine groups is 1. The van der Waals surface area contributed by atoms with Gasteiger partial charge in [-0.3, -0.25) is 9.98 Å². The van der Waals surface area contributed by atoms with Gasteiger partial charge in [-0.15, -0.1) is 0 Å². The molecule has 1 saturated carbocycles. The maximum Gasteiger partial charge on any atom is 0.416 e. The highest BCUT2D eigenvalue weighted by Gasteiger charge is 2.44. The second-order valence-corrected chi connectivity index (χ2v) is 8.41.